The van der Waals surface area contributed by atoms with Crippen LogP contribution >= 0.6 is 0 Å². The predicted octanol–water partition coefficient (Wildman–Crippen LogP) is 3.00. The lowest BCUT2D eigenvalue weighted by Crippen LogP contribution is -2.37. The van der Waals surface area contributed by atoms with Crippen molar-refractivity contribution < 1.29 is 23.9 Å². The highest BCUT2D eigenvalue weighted by atomic mass is 16.5. The molecule has 0 aliphatic carbocycles. The number of carbonyl (C=O) groups is 3. The summed E-state index contributed by atoms with van der Waals surface area (Å²) in [5.41, 5.74) is 2.59. The van der Waals surface area contributed by atoms with Crippen molar-refractivity contribution in [2.75, 3.05) is 25.7 Å². The highest BCUT2D eigenvalue weighted by Crippen LogP contribution is 2.27. The molecule has 1 aliphatic heterocycles. The van der Waals surface area contributed by atoms with E-state index in [0.29, 0.717) is 36.1 Å². The average Bonchev–Trinajstić information content (AvgIpc) is 3.06. The molecule has 0 saturated carbocycles. The number of anilines is 1. The standard InChI is InChI=1S/C24H29N3O5/c1-15(2)17-6-8-18(9-7-17)27-23(29)19(26-24(27)30)14-22(28)25-12-11-16-5-10-20(31-3)21(13-16)32-4/h5-10,13,15,19H,11-12,14H2,1-4H3,(H,25,28)(H,26,30)/t19-/m1/s1. The van der Waals surface area contributed by atoms with Gasteiger partial charge in [-0.05, 0) is 47.7 Å². The summed E-state index contributed by atoms with van der Waals surface area (Å²) in [7, 11) is 3.14. The first-order valence-corrected chi connectivity index (χ1v) is 10.6. The van der Waals surface area contributed by atoms with E-state index < -0.39 is 18.0 Å². The minimum Gasteiger partial charge on any atom is -0.493 e. The largest absolute Gasteiger partial charge is 0.493 e. The summed E-state index contributed by atoms with van der Waals surface area (Å²) in [4.78, 5) is 38.5. The van der Waals surface area contributed by atoms with Crippen LogP contribution in [0.3, 0.4) is 0 Å². The van der Waals surface area contributed by atoms with Gasteiger partial charge < -0.3 is 20.1 Å². The van der Waals surface area contributed by atoms with Crippen molar-refractivity contribution in [1.29, 1.82) is 0 Å². The van der Waals surface area contributed by atoms with Crippen LogP contribution < -0.4 is 25.0 Å². The first-order valence-electron chi connectivity index (χ1n) is 10.6. The van der Waals surface area contributed by atoms with Gasteiger partial charge in [0, 0.05) is 6.54 Å². The van der Waals surface area contributed by atoms with E-state index in [1.807, 2.05) is 30.3 Å². The minimum absolute atomic E-state index is 0.114. The van der Waals surface area contributed by atoms with Gasteiger partial charge in [0.15, 0.2) is 11.5 Å². The summed E-state index contributed by atoms with van der Waals surface area (Å²) in [5.74, 6) is 0.877. The summed E-state index contributed by atoms with van der Waals surface area (Å²) in [6, 6.07) is 11.5. The molecule has 0 radical (unpaired) electrons. The molecule has 1 atom stereocenters. The maximum atomic E-state index is 12.7. The zero-order chi connectivity index (χ0) is 23.3. The Morgan fingerprint density at radius 3 is 2.38 bits per heavy atom. The topological polar surface area (TPSA) is 97.0 Å². The number of imide groups is 1. The highest BCUT2D eigenvalue weighted by molar-refractivity contribution is 6.22. The molecule has 0 bridgehead atoms. The molecule has 3 rings (SSSR count). The van der Waals surface area contributed by atoms with E-state index in [0.717, 1.165) is 16.0 Å². The molecule has 0 aromatic heterocycles. The van der Waals surface area contributed by atoms with Crippen LogP contribution in [-0.4, -0.2) is 44.7 Å². The van der Waals surface area contributed by atoms with Gasteiger partial charge in [0.05, 0.1) is 26.3 Å². The van der Waals surface area contributed by atoms with Gasteiger partial charge in [0.25, 0.3) is 5.91 Å². The predicted molar refractivity (Wildman–Crippen MR) is 121 cm³/mol. The Kier molecular flexibility index (Phi) is 7.35. The third-order valence-electron chi connectivity index (χ3n) is 5.41. The third kappa shape index (κ3) is 5.19. The molecule has 0 spiro atoms. The maximum absolute atomic E-state index is 12.7. The molecule has 1 aliphatic rings. The second-order valence-corrected chi connectivity index (χ2v) is 7.92. The Labute approximate surface area is 187 Å². The molecule has 8 heteroatoms. The number of nitrogens with zero attached hydrogens (tertiary/aromatic N) is 1. The Morgan fingerprint density at radius 2 is 1.75 bits per heavy atom. The van der Waals surface area contributed by atoms with E-state index in [9.17, 15) is 14.4 Å². The average molecular weight is 440 g/mol. The van der Waals surface area contributed by atoms with Crippen LogP contribution in [0.25, 0.3) is 0 Å². The molecule has 4 amide bonds. The van der Waals surface area contributed by atoms with Gasteiger partial charge >= 0.3 is 6.03 Å². The van der Waals surface area contributed by atoms with Gasteiger partial charge in [-0.2, -0.15) is 0 Å². The molecule has 1 saturated heterocycles. The summed E-state index contributed by atoms with van der Waals surface area (Å²) >= 11 is 0. The normalized spacial score (nSPS) is 15.7. The molecule has 2 N–H and O–H groups in total. The van der Waals surface area contributed by atoms with E-state index in [2.05, 4.69) is 24.5 Å². The van der Waals surface area contributed by atoms with E-state index >= 15 is 0 Å². The number of hydrogen-bond donors (Lipinski definition) is 2. The zero-order valence-corrected chi connectivity index (χ0v) is 18.8. The van der Waals surface area contributed by atoms with Gasteiger partial charge in [0.1, 0.15) is 6.04 Å². The summed E-state index contributed by atoms with van der Waals surface area (Å²) in [6.07, 6.45) is 0.475. The Hall–Kier alpha value is -3.55. The molecule has 0 unspecified atom stereocenters. The number of amides is 4. The monoisotopic (exact) mass is 439 g/mol. The molecular formula is C24H29N3O5. The second kappa shape index (κ2) is 10.2. The fourth-order valence-corrected chi connectivity index (χ4v) is 3.56. The SMILES string of the molecule is COc1ccc(CCNC(=O)C[C@H]2NC(=O)N(c3ccc(C(C)C)cc3)C2=O)cc1OC. The number of hydrogen-bond acceptors (Lipinski definition) is 5. The first-order chi connectivity index (χ1) is 15.3. The maximum Gasteiger partial charge on any atom is 0.329 e. The van der Waals surface area contributed by atoms with Gasteiger partial charge in [-0.25, -0.2) is 9.69 Å². The first kappa shape index (κ1) is 23.1. The third-order valence-corrected chi connectivity index (χ3v) is 5.41. The number of urea groups is 1. The van der Waals surface area contributed by atoms with Gasteiger partial charge in [0.2, 0.25) is 5.91 Å². The molecule has 8 nitrogen and oxygen atoms in total. The Balaban J connectivity index is 1.53. The molecule has 1 fully saturated rings. The zero-order valence-electron chi connectivity index (χ0n) is 18.8. The van der Waals surface area contributed by atoms with Crippen molar-refractivity contribution in [1.82, 2.24) is 10.6 Å². The van der Waals surface area contributed by atoms with E-state index in [1.54, 1.807) is 26.4 Å². The lowest BCUT2D eigenvalue weighted by molar-refractivity contribution is -0.125. The number of carbonyl (C=O) groups excluding carboxylic acids is 3. The molecule has 1 heterocycles. The van der Waals surface area contributed by atoms with Crippen LogP contribution in [-0.2, 0) is 16.0 Å². The quantitative estimate of drug-likeness (QED) is 0.586. The van der Waals surface area contributed by atoms with Crippen LogP contribution in [0.5, 0.6) is 11.5 Å². The van der Waals surface area contributed by atoms with Gasteiger partial charge in [-0.15, -0.1) is 0 Å². The van der Waals surface area contributed by atoms with E-state index in [-0.39, 0.29) is 12.3 Å². The van der Waals surface area contributed by atoms with Crippen LogP contribution in [0.2, 0.25) is 0 Å². The number of rotatable bonds is 9. The summed E-state index contributed by atoms with van der Waals surface area (Å²) < 4.78 is 10.5. The number of benzene rings is 2. The highest BCUT2D eigenvalue weighted by Gasteiger charge is 2.40. The van der Waals surface area contributed by atoms with Crippen molar-refractivity contribution in [3.63, 3.8) is 0 Å². The molecule has 170 valence electrons. The van der Waals surface area contributed by atoms with Crippen molar-refractivity contribution in [2.24, 2.45) is 0 Å². The fraction of sp³-hybridized carbons (Fsp3) is 0.375. The Morgan fingerprint density at radius 1 is 1.06 bits per heavy atom. The van der Waals surface area contributed by atoms with Crippen molar-refractivity contribution in [2.45, 2.75) is 38.6 Å². The van der Waals surface area contributed by atoms with Gasteiger partial charge in [-0.1, -0.05) is 32.0 Å². The molecule has 32 heavy (non-hydrogen) atoms. The van der Waals surface area contributed by atoms with Crippen LogP contribution in [0, 0.1) is 0 Å². The minimum atomic E-state index is -0.881. The van der Waals surface area contributed by atoms with Crippen molar-refractivity contribution in [3.05, 3.63) is 53.6 Å². The van der Waals surface area contributed by atoms with Crippen LogP contribution in [0.15, 0.2) is 42.5 Å². The molecule has 2 aromatic carbocycles. The fourth-order valence-electron chi connectivity index (χ4n) is 3.56. The van der Waals surface area contributed by atoms with Crippen molar-refractivity contribution >= 4 is 23.5 Å². The van der Waals surface area contributed by atoms with Crippen LogP contribution in [0.4, 0.5) is 10.5 Å². The molecular weight excluding hydrogens is 410 g/mol. The number of ether oxygens (including phenoxy) is 2. The molecule has 2 aromatic rings. The lowest BCUT2D eigenvalue weighted by Gasteiger charge is -2.14. The number of nitrogens with one attached hydrogen (secondary N) is 2. The number of methoxy groups -OCH3 is 2. The Bertz CT molecular complexity index is 988. The second-order valence-electron chi connectivity index (χ2n) is 7.92. The summed E-state index contributed by atoms with van der Waals surface area (Å²) in [6.45, 7) is 4.54. The lowest BCUT2D eigenvalue weighted by atomic mass is 10.0. The van der Waals surface area contributed by atoms with Crippen molar-refractivity contribution in [3.8, 4) is 11.5 Å². The van der Waals surface area contributed by atoms with E-state index in [1.165, 1.54) is 0 Å². The van der Waals surface area contributed by atoms with Crippen LogP contribution in [0.1, 0.15) is 37.3 Å². The van der Waals surface area contributed by atoms with Gasteiger partial charge in [-0.3, -0.25) is 9.59 Å². The smallest absolute Gasteiger partial charge is 0.329 e. The van der Waals surface area contributed by atoms with E-state index in [4.69, 9.17) is 9.47 Å². The summed E-state index contributed by atoms with van der Waals surface area (Å²) in [5, 5.41) is 5.40.